The number of nitro benzene ring substituents is 1. The van der Waals surface area contributed by atoms with Crippen molar-refractivity contribution in [1.82, 2.24) is 5.43 Å². The van der Waals surface area contributed by atoms with Crippen molar-refractivity contribution >= 4 is 40.2 Å². The molecule has 1 heterocycles. The maximum Gasteiger partial charge on any atom is 0.282 e. The molecular weight excluding hydrogens is 314 g/mol. The maximum atomic E-state index is 12.0. The van der Waals surface area contributed by atoms with Crippen LogP contribution in [-0.4, -0.2) is 16.5 Å². The van der Waals surface area contributed by atoms with E-state index in [9.17, 15) is 14.9 Å². The Hall–Kier alpha value is -2.25. The molecule has 1 aromatic heterocycles. The third-order valence-electron chi connectivity index (χ3n) is 2.60. The number of nitro groups is 1. The summed E-state index contributed by atoms with van der Waals surface area (Å²) in [5.41, 5.74) is 2.58. The third-order valence-corrected chi connectivity index (χ3v) is 3.94. The van der Waals surface area contributed by atoms with Crippen molar-refractivity contribution in [1.29, 1.82) is 0 Å². The van der Waals surface area contributed by atoms with Gasteiger partial charge < -0.3 is 0 Å². The van der Waals surface area contributed by atoms with Gasteiger partial charge in [0.15, 0.2) is 0 Å². The van der Waals surface area contributed by atoms with Gasteiger partial charge in [-0.1, -0.05) is 23.7 Å². The lowest BCUT2D eigenvalue weighted by atomic mass is 10.2. The quantitative estimate of drug-likeness (QED) is 0.531. The van der Waals surface area contributed by atoms with Crippen LogP contribution in [0, 0.1) is 10.1 Å². The van der Waals surface area contributed by atoms with Crippen molar-refractivity contribution < 1.29 is 9.72 Å². The molecule has 0 spiro atoms. The van der Waals surface area contributed by atoms with Gasteiger partial charge in [0, 0.05) is 6.07 Å². The minimum Gasteiger partial charge on any atom is -0.267 e. The van der Waals surface area contributed by atoms with E-state index in [1.807, 2.05) is 0 Å². The summed E-state index contributed by atoms with van der Waals surface area (Å²) in [6.07, 6.45) is 0. The molecule has 21 heavy (non-hydrogen) atoms. The van der Waals surface area contributed by atoms with Crippen LogP contribution in [0.4, 0.5) is 5.69 Å². The summed E-state index contributed by atoms with van der Waals surface area (Å²) in [5.74, 6) is -0.635. The van der Waals surface area contributed by atoms with E-state index in [1.165, 1.54) is 29.5 Å². The molecule has 0 atom stereocenters. The zero-order valence-electron chi connectivity index (χ0n) is 10.9. The molecule has 1 N–H and O–H groups in total. The van der Waals surface area contributed by atoms with Crippen LogP contribution in [0.1, 0.15) is 22.2 Å². The Bertz CT molecular complexity index is 727. The Morgan fingerprint density at radius 2 is 2.05 bits per heavy atom. The summed E-state index contributed by atoms with van der Waals surface area (Å²) in [7, 11) is 0. The third kappa shape index (κ3) is 3.65. The maximum absolute atomic E-state index is 12.0. The Balaban J connectivity index is 2.17. The molecule has 0 aliphatic rings. The van der Waals surface area contributed by atoms with Crippen molar-refractivity contribution in [2.24, 2.45) is 5.10 Å². The monoisotopic (exact) mass is 323 g/mol. The van der Waals surface area contributed by atoms with Gasteiger partial charge in [0.2, 0.25) is 0 Å². The second kappa shape index (κ2) is 6.47. The average molecular weight is 324 g/mol. The average Bonchev–Trinajstić information content (AvgIpc) is 2.91. The molecule has 0 bridgehead atoms. The number of amides is 1. The lowest BCUT2D eigenvalue weighted by Crippen LogP contribution is -2.20. The fourth-order valence-electron chi connectivity index (χ4n) is 1.58. The molecule has 0 aliphatic heterocycles. The molecule has 0 aliphatic carbocycles. The van der Waals surface area contributed by atoms with Gasteiger partial charge in [-0.3, -0.25) is 14.9 Å². The first-order valence-electron chi connectivity index (χ1n) is 5.83. The second-order valence-electron chi connectivity index (χ2n) is 4.02. The number of rotatable bonds is 4. The van der Waals surface area contributed by atoms with E-state index in [0.717, 1.165) is 4.88 Å². The zero-order valence-corrected chi connectivity index (χ0v) is 12.4. The minimum absolute atomic E-state index is 0.0386. The molecule has 0 fully saturated rings. The summed E-state index contributed by atoms with van der Waals surface area (Å²) in [5, 5.41) is 14.8. The number of benzene rings is 1. The van der Waals surface area contributed by atoms with E-state index in [4.69, 9.17) is 11.6 Å². The van der Waals surface area contributed by atoms with Gasteiger partial charge in [-0.15, -0.1) is 11.3 Å². The van der Waals surface area contributed by atoms with Crippen LogP contribution in [0.2, 0.25) is 4.34 Å². The van der Waals surface area contributed by atoms with Crippen molar-refractivity contribution in [3.8, 4) is 0 Å². The van der Waals surface area contributed by atoms with E-state index in [0.29, 0.717) is 10.0 Å². The van der Waals surface area contributed by atoms with E-state index in [-0.39, 0.29) is 11.3 Å². The zero-order chi connectivity index (χ0) is 15.4. The molecule has 2 aromatic rings. The van der Waals surface area contributed by atoms with Gasteiger partial charge in [0.05, 0.1) is 19.8 Å². The predicted molar refractivity (Wildman–Crippen MR) is 82.1 cm³/mol. The smallest absolute Gasteiger partial charge is 0.267 e. The Kier molecular flexibility index (Phi) is 4.66. The van der Waals surface area contributed by atoms with Gasteiger partial charge in [-0.25, -0.2) is 5.43 Å². The Morgan fingerprint density at radius 1 is 1.33 bits per heavy atom. The van der Waals surface area contributed by atoms with Crippen LogP contribution in [0.5, 0.6) is 0 Å². The summed E-state index contributed by atoms with van der Waals surface area (Å²) < 4.78 is 0.615. The largest absolute Gasteiger partial charge is 0.282 e. The molecule has 2 rings (SSSR count). The lowest BCUT2D eigenvalue weighted by molar-refractivity contribution is -0.385. The number of carbonyl (C=O) groups excluding carboxylic acids is 1. The highest BCUT2D eigenvalue weighted by Gasteiger charge is 2.18. The molecule has 0 unspecified atom stereocenters. The molecule has 0 saturated heterocycles. The molecule has 0 saturated carbocycles. The first-order chi connectivity index (χ1) is 9.99. The van der Waals surface area contributed by atoms with E-state index in [2.05, 4.69) is 10.5 Å². The fourth-order valence-corrected chi connectivity index (χ4v) is 2.57. The van der Waals surface area contributed by atoms with Crippen molar-refractivity contribution in [3.63, 3.8) is 0 Å². The number of halogens is 1. The highest BCUT2D eigenvalue weighted by atomic mass is 35.5. The van der Waals surface area contributed by atoms with Gasteiger partial charge in [-0.2, -0.15) is 5.10 Å². The van der Waals surface area contributed by atoms with Crippen molar-refractivity contribution in [2.45, 2.75) is 6.92 Å². The normalized spacial score (nSPS) is 11.2. The van der Waals surface area contributed by atoms with E-state index in [1.54, 1.807) is 25.1 Å². The highest BCUT2D eigenvalue weighted by molar-refractivity contribution is 7.18. The molecule has 6 nitrogen and oxygen atoms in total. The van der Waals surface area contributed by atoms with E-state index < -0.39 is 10.8 Å². The molecule has 108 valence electrons. The summed E-state index contributed by atoms with van der Waals surface area (Å²) in [4.78, 5) is 23.0. The first kappa shape index (κ1) is 15.1. The van der Waals surface area contributed by atoms with Gasteiger partial charge in [-0.05, 0) is 25.1 Å². The molecule has 1 aromatic carbocycles. The highest BCUT2D eigenvalue weighted by Crippen LogP contribution is 2.22. The topological polar surface area (TPSA) is 84.6 Å². The standard InChI is InChI=1S/C13H10ClN3O3S/c1-8(11-6-7-12(14)21-11)15-16-13(18)9-4-2-3-5-10(9)17(19)20/h2-7H,1H3,(H,16,18). The number of nitrogens with one attached hydrogen (secondary N) is 1. The second-order valence-corrected chi connectivity index (χ2v) is 5.73. The number of carbonyl (C=O) groups is 1. The molecule has 8 heteroatoms. The fraction of sp³-hybridized carbons (Fsp3) is 0.0769. The van der Waals surface area contributed by atoms with Crippen LogP contribution in [0.15, 0.2) is 41.5 Å². The van der Waals surface area contributed by atoms with Crippen molar-refractivity contribution in [2.75, 3.05) is 0 Å². The van der Waals surface area contributed by atoms with Crippen LogP contribution in [0.25, 0.3) is 0 Å². The Labute approximate surface area is 129 Å². The summed E-state index contributed by atoms with van der Waals surface area (Å²) in [6, 6.07) is 9.20. The van der Waals surface area contributed by atoms with Gasteiger partial charge in [0.25, 0.3) is 11.6 Å². The van der Waals surface area contributed by atoms with E-state index >= 15 is 0 Å². The van der Waals surface area contributed by atoms with Crippen LogP contribution in [-0.2, 0) is 0 Å². The first-order valence-corrected chi connectivity index (χ1v) is 7.02. The molecular formula is C13H10ClN3O3S. The van der Waals surface area contributed by atoms with Crippen molar-refractivity contribution in [3.05, 3.63) is 61.3 Å². The number of hydrogen-bond donors (Lipinski definition) is 1. The predicted octanol–water partition coefficient (Wildman–Crippen LogP) is 3.46. The number of nitrogens with zero attached hydrogens (tertiary/aromatic N) is 2. The van der Waals surface area contributed by atoms with Gasteiger partial charge >= 0.3 is 0 Å². The number of hydrogen-bond acceptors (Lipinski definition) is 5. The molecule has 0 radical (unpaired) electrons. The summed E-state index contributed by atoms with van der Waals surface area (Å²) >= 11 is 7.15. The van der Waals surface area contributed by atoms with Crippen LogP contribution < -0.4 is 5.43 Å². The molecule has 1 amide bonds. The number of thiophene rings is 1. The van der Waals surface area contributed by atoms with Crippen LogP contribution in [0.3, 0.4) is 0 Å². The lowest BCUT2D eigenvalue weighted by Gasteiger charge is -2.02. The Morgan fingerprint density at radius 3 is 2.67 bits per heavy atom. The number of hydrazone groups is 1. The number of para-hydroxylation sites is 1. The van der Waals surface area contributed by atoms with Crippen LogP contribution >= 0.6 is 22.9 Å². The minimum atomic E-state index is -0.635. The SMILES string of the molecule is CC(=NNC(=O)c1ccccc1[N+](=O)[O-])c1ccc(Cl)s1. The van der Waals surface area contributed by atoms with Gasteiger partial charge in [0.1, 0.15) is 5.56 Å². The summed E-state index contributed by atoms with van der Waals surface area (Å²) in [6.45, 7) is 1.71.